The lowest BCUT2D eigenvalue weighted by Crippen LogP contribution is -2.36. The highest BCUT2D eigenvalue weighted by atomic mass is 32.2. The molecule has 0 radical (unpaired) electrons. The number of hydrogen-bond donors (Lipinski definition) is 2. The van der Waals surface area contributed by atoms with Crippen molar-refractivity contribution in [1.82, 2.24) is 15.0 Å². The predicted octanol–water partition coefficient (Wildman–Crippen LogP) is 3.84. The van der Waals surface area contributed by atoms with Crippen molar-refractivity contribution in [3.05, 3.63) is 53.9 Å². The van der Waals surface area contributed by atoms with Gasteiger partial charge in [0, 0.05) is 41.8 Å². The number of hydrogen-bond acceptors (Lipinski definition) is 5. The lowest BCUT2D eigenvalue weighted by molar-refractivity contribution is -0.127. The van der Waals surface area contributed by atoms with Gasteiger partial charge in [0.25, 0.3) is 0 Å². The number of aromatic nitrogens is 2. The molecule has 7 nitrogen and oxygen atoms in total. The monoisotopic (exact) mass is 424 g/mol. The number of para-hydroxylation sites is 1. The number of thioether (sulfide) groups is 1. The van der Waals surface area contributed by atoms with E-state index in [9.17, 15) is 9.59 Å². The van der Waals surface area contributed by atoms with Gasteiger partial charge in [0.1, 0.15) is 5.76 Å². The van der Waals surface area contributed by atoms with Crippen LogP contribution in [-0.4, -0.2) is 50.9 Å². The lowest BCUT2D eigenvalue weighted by Gasteiger charge is -2.27. The molecule has 156 valence electrons. The largest absolute Gasteiger partial charge is 0.361 e. The summed E-state index contributed by atoms with van der Waals surface area (Å²) in [4.78, 5) is 30.0. The molecule has 3 heterocycles. The number of amides is 2. The fourth-order valence-electron chi connectivity index (χ4n) is 3.49. The number of H-pyrrole nitrogens is 1. The lowest BCUT2D eigenvalue weighted by atomic mass is 9.99. The third-order valence-electron chi connectivity index (χ3n) is 5.20. The first-order chi connectivity index (χ1) is 14.5. The summed E-state index contributed by atoms with van der Waals surface area (Å²) in [5.41, 5.74) is 3.59. The summed E-state index contributed by atoms with van der Waals surface area (Å²) in [5, 5.41) is 7.30. The standard InChI is InChI=1S/C22H24N4O3S/c1-14-11-20(25-29-14)24-22(28)15(2)30-13-21(27)26-9-7-16(8-10-26)18-12-23-19-6-4-3-5-17(18)19/h3-7,11-12,15,23H,8-10,13H2,1-2H3,(H,24,25,28). The van der Waals surface area contributed by atoms with Crippen molar-refractivity contribution in [1.29, 1.82) is 0 Å². The van der Waals surface area contributed by atoms with Gasteiger partial charge in [0.2, 0.25) is 11.8 Å². The van der Waals surface area contributed by atoms with Crippen LogP contribution in [0.1, 0.15) is 24.7 Å². The van der Waals surface area contributed by atoms with Crippen LogP contribution in [0.15, 0.2) is 47.1 Å². The third-order valence-corrected chi connectivity index (χ3v) is 6.33. The van der Waals surface area contributed by atoms with Crippen molar-refractivity contribution in [3.63, 3.8) is 0 Å². The third kappa shape index (κ3) is 4.43. The maximum absolute atomic E-state index is 12.6. The number of nitrogens with zero attached hydrogens (tertiary/aromatic N) is 2. The highest BCUT2D eigenvalue weighted by Crippen LogP contribution is 2.29. The Kier molecular flexibility index (Phi) is 5.94. The van der Waals surface area contributed by atoms with Gasteiger partial charge in [-0.2, -0.15) is 0 Å². The van der Waals surface area contributed by atoms with Crippen molar-refractivity contribution in [2.45, 2.75) is 25.5 Å². The predicted molar refractivity (Wildman–Crippen MR) is 119 cm³/mol. The first-order valence-corrected chi connectivity index (χ1v) is 10.9. The molecule has 0 aliphatic carbocycles. The smallest absolute Gasteiger partial charge is 0.238 e. The molecule has 0 bridgehead atoms. The van der Waals surface area contributed by atoms with Gasteiger partial charge in [0.15, 0.2) is 5.82 Å². The number of nitrogens with one attached hydrogen (secondary N) is 2. The van der Waals surface area contributed by atoms with E-state index in [0.717, 1.165) is 11.9 Å². The van der Waals surface area contributed by atoms with Gasteiger partial charge in [-0.25, -0.2) is 0 Å². The Balaban J connectivity index is 1.29. The molecule has 1 aliphatic heterocycles. The molecule has 3 aromatic rings. The van der Waals surface area contributed by atoms with Gasteiger partial charge in [-0.1, -0.05) is 29.4 Å². The van der Waals surface area contributed by atoms with E-state index in [0.29, 0.717) is 24.7 Å². The van der Waals surface area contributed by atoms with Gasteiger partial charge in [-0.3, -0.25) is 9.59 Å². The van der Waals surface area contributed by atoms with Crippen LogP contribution in [0.4, 0.5) is 5.82 Å². The average molecular weight is 425 g/mol. The zero-order valence-corrected chi connectivity index (χ0v) is 17.8. The topological polar surface area (TPSA) is 91.2 Å². The second-order valence-electron chi connectivity index (χ2n) is 7.33. The number of carbonyl (C=O) groups is 2. The van der Waals surface area contributed by atoms with Gasteiger partial charge >= 0.3 is 0 Å². The van der Waals surface area contributed by atoms with E-state index in [2.05, 4.69) is 33.7 Å². The molecule has 4 rings (SSSR count). The van der Waals surface area contributed by atoms with Crippen molar-refractivity contribution in [2.24, 2.45) is 0 Å². The normalized spacial score (nSPS) is 15.1. The van der Waals surface area contributed by atoms with Crippen LogP contribution < -0.4 is 5.32 Å². The Bertz CT molecular complexity index is 1100. The quantitative estimate of drug-likeness (QED) is 0.627. The summed E-state index contributed by atoms with van der Waals surface area (Å²) in [6.45, 7) is 4.82. The summed E-state index contributed by atoms with van der Waals surface area (Å²) in [5.74, 6) is 1.14. The number of aromatic amines is 1. The first kappa shape index (κ1) is 20.3. The van der Waals surface area contributed by atoms with Crippen LogP contribution in [0.2, 0.25) is 0 Å². The Morgan fingerprint density at radius 1 is 1.37 bits per heavy atom. The number of carbonyl (C=O) groups excluding carboxylic acids is 2. The van der Waals surface area contributed by atoms with Gasteiger partial charge in [-0.05, 0) is 31.9 Å². The van der Waals surface area contributed by atoms with Crippen LogP contribution in [0, 0.1) is 6.92 Å². The molecule has 0 fully saturated rings. The Morgan fingerprint density at radius 2 is 2.20 bits per heavy atom. The fraction of sp³-hybridized carbons (Fsp3) is 0.318. The van der Waals surface area contributed by atoms with Gasteiger partial charge < -0.3 is 19.7 Å². The minimum absolute atomic E-state index is 0.0474. The Morgan fingerprint density at radius 3 is 2.93 bits per heavy atom. The molecule has 0 saturated heterocycles. The minimum atomic E-state index is -0.368. The SMILES string of the molecule is Cc1cc(NC(=O)C(C)SCC(=O)N2CC=C(c3c[nH]c4ccccc34)CC2)no1. The molecule has 30 heavy (non-hydrogen) atoms. The van der Waals surface area contributed by atoms with Crippen LogP contribution in [0.5, 0.6) is 0 Å². The van der Waals surface area contributed by atoms with Crippen molar-refractivity contribution < 1.29 is 14.1 Å². The van der Waals surface area contributed by atoms with Crippen LogP contribution in [0.25, 0.3) is 16.5 Å². The Labute approximate surface area is 178 Å². The zero-order valence-electron chi connectivity index (χ0n) is 17.0. The molecule has 2 N–H and O–H groups in total. The number of rotatable bonds is 6. The number of anilines is 1. The number of fused-ring (bicyclic) bond motifs is 1. The second kappa shape index (κ2) is 8.79. The fourth-order valence-corrected chi connectivity index (χ4v) is 4.28. The van der Waals surface area contributed by atoms with Crippen LogP contribution in [0.3, 0.4) is 0 Å². The van der Waals surface area contributed by atoms with Crippen LogP contribution in [-0.2, 0) is 9.59 Å². The zero-order chi connectivity index (χ0) is 21.1. The molecule has 2 aromatic heterocycles. The van der Waals surface area contributed by atoms with E-state index in [-0.39, 0.29) is 22.8 Å². The molecular weight excluding hydrogens is 400 g/mol. The van der Waals surface area contributed by atoms with Gasteiger partial charge in [0.05, 0.1) is 11.0 Å². The first-order valence-electron chi connectivity index (χ1n) is 9.90. The van der Waals surface area contributed by atoms with E-state index >= 15 is 0 Å². The van der Waals surface area contributed by atoms with Crippen molar-refractivity contribution >= 4 is 45.9 Å². The maximum atomic E-state index is 12.6. The molecule has 0 saturated carbocycles. The minimum Gasteiger partial charge on any atom is -0.361 e. The molecule has 1 atom stereocenters. The molecule has 0 spiro atoms. The summed E-state index contributed by atoms with van der Waals surface area (Å²) in [7, 11) is 0. The summed E-state index contributed by atoms with van der Waals surface area (Å²) in [6, 6.07) is 9.90. The van der Waals surface area contributed by atoms with Crippen molar-refractivity contribution in [3.8, 4) is 0 Å². The van der Waals surface area contributed by atoms with Gasteiger partial charge in [-0.15, -0.1) is 11.8 Å². The van der Waals surface area contributed by atoms with Crippen molar-refractivity contribution in [2.75, 3.05) is 24.2 Å². The molecule has 2 amide bonds. The highest BCUT2D eigenvalue weighted by Gasteiger charge is 2.22. The molecule has 1 unspecified atom stereocenters. The van der Waals surface area contributed by atoms with E-state index in [4.69, 9.17) is 4.52 Å². The summed E-state index contributed by atoms with van der Waals surface area (Å²) < 4.78 is 4.94. The molecule has 1 aromatic carbocycles. The van der Waals surface area contributed by atoms with E-state index < -0.39 is 0 Å². The van der Waals surface area contributed by atoms with Crippen LogP contribution >= 0.6 is 11.8 Å². The summed E-state index contributed by atoms with van der Waals surface area (Å²) >= 11 is 1.33. The maximum Gasteiger partial charge on any atom is 0.238 e. The van der Waals surface area contributed by atoms with E-state index in [1.807, 2.05) is 23.2 Å². The molecule has 1 aliphatic rings. The van der Waals surface area contributed by atoms with E-state index in [1.54, 1.807) is 19.9 Å². The Hall–Kier alpha value is -3.00. The van der Waals surface area contributed by atoms with E-state index in [1.165, 1.54) is 28.3 Å². The number of aryl methyl sites for hydroxylation is 1. The second-order valence-corrected chi connectivity index (χ2v) is 8.66. The number of benzene rings is 1. The molecule has 8 heteroatoms. The molecular formula is C22H24N4O3S. The summed E-state index contributed by atoms with van der Waals surface area (Å²) in [6.07, 6.45) is 4.99. The average Bonchev–Trinajstić information content (AvgIpc) is 3.37. The highest BCUT2D eigenvalue weighted by molar-refractivity contribution is 8.01.